The van der Waals surface area contributed by atoms with E-state index in [1.165, 1.54) is 0 Å². The lowest BCUT2D eigenvalue weighted by Gasteiger charge is -2.05. The number of aromatic amines is 1. The van der Waals surface area contributed by atoms with E-state index in [2.05, 4.69) is 4.98 Å². The van der Waals surface area contributed by atoms with E-state index in [9.17, 15) is 4.79 Å². The molecule has 0 atom stereocenters. The summed E-state index contributed by atoms with van der Waals surface area (Å²) in [4.78, 5) is 13.7. The molecule has 4 nitrogen and oxygen atoms in total. The van der Waals surface area contributed by atoms with Crippen molar-refractivity contribution in [1.82, 2.24) is 4.98 Å². The van der Waals surface area contributed by atoms with Crippen LogP contribution in [0.3, 0.4) is 0 Å². The molecular formula is C15H10ClNO3. The molecule has 0 saturated heterocycles. The van der Waals surface area contributed by atoms with Crippen molar-refractivity contribution < 1.29 is 14.6 Å². The van der Waals surface area contributed by atoms with Crippen LogP contribution in [-0.4, -0.2) is 16.1 Å². The summed E-state index contributed by atoms with van der Waals surface area (Å²) in [6.45, 7) is 0. The van der Waals surface area contributed by atoms with Crippen molar-refractivity contribution in [3.05, 3.63) is 59.2 Å². The van der Waals surface area contributed by atoms with E-state index >= 15 is 0 Å². The monoisotopic (exact) mass is 287 g/mol. The zero-order chi connectivity index (χ0) is 14.1. The molecule has 0 aliphatic rings. The summed E-state index contributed by atoms with van der Waals surface area (Å²) < 4.78 is 5.69. The highest BCUT2D eigenvalue weighted by Gasteiger charge is 2.08. The van der Waals surface area contributed by atoms with Gasteiger partial charge in [0, 0.05) is 15.9 Å². The van der Waals surface area contributed by atoms with Gasteiger partial charge in [0.05, 0.1) is 0 Å². The molecule has 100 valence electrons. The molecule has 0 unspecified atom stereocenters. The number of carbonyl (C=O) groups is 1. The quantitative estimate of drug-likeness (QED) is 0.754. The lowest BCUT2D eigenvalue weighted by molar-refractivity contribution is 0.0691. The van der Waals surface area contributed by atoms with Gasteiger partial charge in [-0.2, -0.15) is 0 Å². The van der Waals surface area contributed by atoms with Gasteiger partial charge in [-0.3, -0.25) is 0 Å². The number of carboxylic acid groups (broad SMARTS) is 1. The summed E-state index contributed by atoms with van der Waals surface area (Å²) in [5.74, 6) is 0.319. The molecule has 0 amide bonds. The first-order chi connectivity index (χ1) is 9.61. The molecule has 0 spiro atoms. The first-order valence-electron chi connectivity index (χ1n) is 5.91. The Balaban J connectivity index is 1.92. The predicted octanol–water partition coefficient (Wildman–Crippen LogP) is 4.31. The van der Waals surface area contributed by atoms with Crippen LogP contribution in [0.4, 0.5) is 0 Å². The molecule has 0 aliphatic heterocycles. The Morgan fingerprint density at radius 3 is 2.45 bits per heavy atom. The molecule has 3 aromatic rings. The molecule has 0 radical (unpaired) electrons. The van der Waals surface area contributed by atoms with Crippen molar-refractivity contribution in [1.29, 1.82) is 0 Å². The van der Waals surface area contributed by atoms with Crippen molar-refractivity contribution in [2.45, 2.75) is 0 Å². The van der Waals surface area contributed by atoms with Crippen LogP contribution in [0, 0.1) is 0 Å². The molecule has 2 aromatic carbocycles. The van der Waals surface area contributed by atoms with E-state index in [-0.39, 0.29) is 5.69 Å². The Hall–Kier alpha value is -2.46. The summed E-state index contributed by atoms with van der Waals surface area (Å²) >= 11 is 5.81. The minimum atomic E-state index is -0.985. The lowest BCUT2D eigenvalue weighted by atomic mass is 10.2. The Kier molecular flexibility index (Phi) is 3.08. The maximum atomic E-state index is 10.9. The fraction of sp³-hybridized carbons (Fsp3) is 0. The van der Waals surface area contributed by atoms with Crippen LogP contribution in [0.25, 0.3) is 10.9 Å². The standard InChI is InChI=1S/C15H10ClNO3/c16-10-1-3-11(4-2-10)20-12-5-6-13-9(7-12)8-14(17-13)15(18)19/h1-8,17H,(H,18,19). The fourth-order valence-corrected chi connectivity index (χ4v) is 2.05. The predicted molar refractivity (Wildman–Crippen MR) is 76.8 cm³/mol. The number of fused-ring (bicyclic) bond motifs is 1. The second kappa shape index (κ2) is 4.90. The second-order valence-electron chi connectivity index (χ2n) is 4.29. The highest BCUT2D eigenvalue weighted by Crippen LogP contribution is 2.27. The van der Waals surface area contributed by atoms with Crippen LogP contribution in [0.1, 0.15) is 10.5 Å². The Morgan fingerprint density at radius 1 is 1.05 bits per heavy atom. The Bertz CT molecular complexity index is 777. The van der Waals surface area contributed by atoms with Crippen LogP contribution < -0.4 is 4.74 Å². The van der Waals surface area contributed by atoms with E-state index < -0.39 is 5.97 Å². The molecule has 0 bridgehead atoms. The molecule has 3 rings (SSSR count). The number of nitrogens with one attached hydrogen (secondary N) is 1. The maximum absolute atomic E-state index is 10.9. The number of ether oxygens (including phenoxy) is 1. The van der Waals surface area contributed by atoms with Crippen LogP contribution in [0.5, 0.6) is 11.5 Å². The summed E-state index contributed by atoms with van der Waals surface area (Å²) in [5.41, 5.74) is 0.912. The lowest BCUT2D eigenvalue weighted by Crippen LogP contribution is -1.94. The number of aromatic nitrogens is 1. The summed E-state index contributed by atoms with van der Waals surface area (Å²) in [6, 6.07) is 14.0. The molecule has 0 fully saturated rings. The molecule has 1 aromatic heterocycles. The van der Waals surface area contributed by atoms with E-state index in [0.717, 1.165) is 10.9 Å². The zero-order valence-corrected chi connectivity index (χ0v) is 11.0. The topological polar surface area (TPSA) is 62.3 Å². The third kappa shape index (κ3) is 2.46. The van der Waals surface area contributed by atoms with Gasteiger partial charge in [-0.05, 0) is 48.5 Å². The number of rotatable bonds is 3. The smallest absolute Gasteiger partial charge is 0.352 e. The van der Waals surface area contributed by atoms with Crippen molar-refractivity contribution >= 4 is 28.5 Å². The van der Waals surface area contributed by atoms with E-state index in [1.807, 2.05) is 0 Å². The second-order valence-corrected chi connectivity index (χ2v) is 4.73. The van der Waals surface area contributed by atoms with Crippen molar-refractivity contribution in [3.8, 4) is 11.5 Å². The molecule has 0 aliphatic carbocycles. The van der Waals surface area contributed by atoms with Gasteiger partial charge < -0.3 is 14.8 Å². The van der Waals surface area contributed by atoms with Gasteiger partial charge in [-0.15, -0.1) is 0 Å². The van der Waals surface area contributed by atoms with Gasteiger partial charge in [0.15, 0.2) is 0 Å². The van der Waals surface area contributed by atoms with Gasteiger partial charge in [-0.25, -0.2) is 4.79 Å². The minimum Gasteiger partial charge on any atom is -0.477 e. The summed E-state index contributed by atoms with van der Waals surface area (Å²) in [5, 5.41) is 10.4. The SMILES string of the molecule is O=C(O)c1cc2cc(Oc3ccc(Cl)cc3)ccc2[nH]1. The van der Waals surface area contributed by atoms with Crippen LogP contribution in [0.2, 0.25) is 5.02 Å². The minimum absolute atomic E-state index is 0.156. The number of hydrogen-bond donors (Lipinski definition) is 2. The first kappa shape index (κ1) is 12.6. The summed E-state index contributed by atoms with van der Waals surface area (Å²) in [7, 11) is 0. The number of halogens is 1. The number of H-pyrrole nitrogens is 1. The van der Waals surface area contributed by atoms with Crippen LogP contribution in [-0.2, 0) is 0 Å². The van der Waals surface area contributed by atoms with E-state index in [0.29, 0.717) is 16.5 Å². The van der Waals surface area contributed by atoms with Gasteiger partial charge >= 0.3 is 5.97 Å². The molecule has 2 N–H and O–H groups in total. The van der Waals surface area contributed by atoms with Gasteiger partial charge in [-0.1, -0.05) is 11.6 Å². The molecule has 5 heteroatoms. The molecule has 20 heavy (non-hydrogen) atoms. The largest absolute Gasteiger partial charge is 0.477 e. The van der Waals surface area contributed by atoms with Gasteiger partial charge in [0.25, 0.3) is 0 Å². The first-order valence-corrected chi connectivity index (χ1v) is 6.29. The van der Waals surface area contributed by atoms with Crippen molar-refractivity contribution in [3.63, 3.8) is 0 Å². The van der Waals surface area contributed by atoms with E-state index in [4.69, 9.17) is 21.4 Å². The number of aromatic carboxylic acids is 1. The molecule has 0 saturated carbocycles. The fourth-order valence-electron chi connectivity index (χ4n) is 1.93. The highest BCUT2D eigenvalue weighted by molar-refractivity contribution is 6.30. The Labute approximate surface area is 119 Å². The van der Waals surface area contributed by atoms with E-state index in [1.54, 1.807) is 48.5 Å². The number of hydrogen-bond acceptors (Lipinski definition) is 2. The zero-order valence-electron chi connectivity index (χ0n) is 10.3. The normalized spacial score (nSPS) is 10.7. The number of benzene rings is 2. The molecular weight excluding hydrogens is 278 g/mol. The van der Waals surface area contributed by atoms with Crippen molar-refractivity contribution in [2.75, 3.05) is 0 Å². The van der Waals surface area contributed by atoms with Gasteiger partial charge in [0.2, 0.25) is 0 Å². The average molecular weight is 288 g/mol. The Morgan fingerprint density at radius 2 is 1.75 bits per heavy atom. The van der Waals surface area contributed by atoms with Crippen LogP contribution >= 0.6 is 11.6 Å². The van der Waals surface area contributed by atoms with Crippen molar-refractivity contribution in [2.24, 2.45) is 0 Å². The summed E-state index contributed by atoms with van der Waals surface area (Å²) in [6.07, 6.45) is 0. The number of carboxylic acids is 1. The van der Waals surface area contributed by atoms with Gasteiger partial charge in [0.1, 0.15) is 17.2 Å². The third-order valence-corrected chi connectivity index (χ3v) is 3.12. The third-order valence-electron chi connectivity index (χ3n) is 2.87. The highest BCUT2D eigenvalue weighted by atomic mass is 35.5. The molecule has 1 heterocycles. The van der Waals surface area contributed by atoms with Crippen LogP contribution in [0.15, 0.2) is 48.5 Å². The maximum Gasteiger partial charge on any atom is 0.352 e. The average Bonchev–Trinajstić information content (AvgIpc) is 2.85.